The van der Waals surface area contributed by atoms with E-state index in [9.17, 15) is 31.1 Å². The molecule has 0 aromatic heterocycles. The van der Waals surface area contributed by atoms with Crippen LogP contribution in [0.4, 0.5) is 26.3 Å². The molecule has 0 saturated carbocycles. The number of hydrogen-bond donors (Lipinski definition) is 0. The maximum absolute atomic E-state index is 13.2. The second-order valence-electron chi connectivity index (χ2n) is 3.23. The SMILES string of the molecule is CC(=O)c1c(F)ccc(C(F)(F)F)c1OC(F)F. The molecular formula is C10H6F6O2. The first-order chi connectivity index (χ1) is 8.14. The van der Waals surface area contributed by atoms with Gasteiger partial charge in [0.1, 0.15) is 5.82 Å². The van der Waals surface area contributed by atoms with Crippen molar-refractivity contribution in [2.45, 2.75) is 19.7 Å². The summed E-state index contributed by atoms with van der Waals surface area (Å²) in [6.45, 7) is -2.86. The molecule has 0 radical (unpaired) electrons. The van der Waals surface area contributed by atoms with Crippen LogP contribution >= 0.6 is 0 Å². The summed E-state index contributed by atoms with van der Waals surface area (Å²) in [5, 5.41) is 0. The maximum atomic E-state index is 13.2. The summed E-state index contributed by atoms with van der Waals surface area (Å²) >= 11 is 0. The number of ketones is 1. The van der Waals surface area contributed by atoms with Crippen molar-refractivity contribution in [2.75, 3.05) is 0 Å². The Hall–Kier alpha value is -1.73. The van der Waals surface area contributed by atoms with Gasteiger partial charge < -0.3 is 4.74 Å². The fourth-order valence-electron chi connectivity index (χ4n) is 1.32. The topological polar surface area (TPSA) is 26.3 Å². The molecule has 0 aliphatic heterocycles. The largest absolute Gasteiger partial charge is 0.433 e. The molecule has 1 rings (SSSR count). The second kappa shape index (κ2) is 4.87. The van der Waals surface area contributed by atoms with Crippen molar-refractivity contribution in [3.8, 4) is 5.75 Å². The summed E-state index contributed by atoms with van der Waals surface area (Å²) in [7, 11) is 0. The number of carbonyl (C=O) groups is 1. The Bertz CT molecular complexity index is 466. The summed E-state index contributed by atoms with van der Waals surface area (Å²) in [5.74, 6) is -4.00. The van der Waals surface area contributed by atoms with Crippen LogP contribution in [0.25, 0.3) is 0 Å². The van der Waals surface area contributed by atoms with Crippen LogP contribution in [0.5, 0.6) is 5.75 Å². The third-order valence-electron chi connectivity index (χ3n) is 1.97. The van der Waals surface area contributed by atoms with E-state index in [1.807, 2.05) is 0 Å². The van der Waals surface area contributed by atoms with Gasteiger partial charge in [0, 0.05) is 0 Å². The fourth-order valence-corrected chi connectivity index (χ4v) is 1.32. The van der Waals surface area contributed by atoms with Gasteiger partial charge in [-0.1, -0.05) is 0 Å². The molecule has 0 unspecified atom stereocenters. The summed E-state index contributed by atoms with van der Waals surface area (Å²) < 4.78 is 78.5. The number of hydrogen-bond acceptors (Lipinski definition) is 2. The molecule has 0 saturated heterocycles. The molecule has 0 bridgehead atoms. The van der Waals surface area contributed by atoms with E-state index >= 15 is 0 Å². The predicted octanol–water partition coefficient (Wildman–Crippen LogP) is 3.65. The standard InChI is InChI=1S/C10H6F6O2/c1-4(17)7-6(11)3-2-5(10(14,15)16)8(7)18-9(12)13/h2-3,9H,1H3. The summed E-state index contributed by atoms with van der Waals surface area (Å²) in [5.41, 5.74) is -2.78. The van der Waals surface area contributed by atoms with Gasteiger partial charge in [0.15, 0.2) is 11.5 Å². The Morgan fingerprint density at radius 3 is 2.22 bits per heavy atom. The molecule has 8 heteroatoms. The van der Waals surface area contributed by atoms with Crippen molar-refractivity contribution in [1.29, 1.82) is 0 Å². The zero-order chi connectivity index (χ0) is 14.1. The van der Waals surface area contributed by atoms with E-state index in [4.69, 9.17) is 0 Å². The molecule has 0 fully saturated rings. The molecule has 0 heterocycles. The average Bonchev–Trinajstić information content (AvgIpc) is 2.13. The molecule has 0 spiro atoms. The number of halogens is 6. The molecule has 1 aromatic carbocycles. The van der Waals surface area contributed by atoms with Gasteiger partial charge in [-0.25, -0.2) is 4.39 Å². The highest BCUT2D eigenvalue weighted by Gasteiger charge is 2.38. The minimum atomic E-state index is -5.04. The lowest BCUT2D eigenvalue weighted by atomic mass is 10.0. The first kappa shape index (κ1) is 14.3. The third kappa shape index (κ3) is 2.93. The first-order valence-electron chi connectivity index (χ1n) is 4.50. The normalized spacial score (nSPS) is 11.8. The number of rotatable bonds is 3. The minimum absolute atomic E-state index is 0.236. The number of ether oxygens (including phenoxy) is 1. The first-order valence-corrected chi connectivity index (χ1v) is 4.50. The van der Waals surface area contributed by atoms with Gasteiger partial charge >= 0.3 is 12.8 Å². The van der Waals surface area contributed by atoms with Gasteiger partial charge in [0.25, 0.3) is 0 Å². The van der Waals surface area contributed by atoms with Crippen molar-refractivity contribution in [3.05, 3.63) is 29.1 Å². The van der Waals surface area contributed by atoms with Crippen molar-refractivity contribution >= 4 is 5.78 Å². The van der Waals surface area contributed by atoms with Crippen molar-refractivity contribution in [3.63, 3.8) is 0 Å². The van der Waals surface area contributed by atoms with E-state index in [0.29, 0.717) is 6.07 Å². The van der Waals surface area contributed by atoms with E-state index in [2.05, 4.69) is 4.74 Å². The zero-order valence-corrected chi connectivity index (χ0v) is 8.82. The van der Waals surface area contributed by atoms with Gasteiger partial charge in [-0.15, -0.1) is 0 Å². The molecule has 1 aromatic rings. The summed E-state index contributed by atoms with van der Waals surface area (Å²) in [6, 6.07) is 0.609. The number of Topliss-reactive ketones (excluding diaryl/α,β-unsaturated/α-hetero) is 1. The summed E-state index contributed by atoms with van der Waals surface area (Å²) in [6.07, 6.45) is -5.04. The van der Waals surface area contributed by atoms with Crippen molar-refractivity contribution in [2.24, 2.45) is 0 Å². The third-order valence-corrected chi connectivity index (χ3v) is 1.97. The quantitative estimate of drug-likeness (QED) is 0.620. The van der Waals surface area contributed by atoms with Gasteiger partial charge in [-0.05, 0) is 19.1 Å². The smallest absolute Gasteiger partial charge is 0.419 e. The van der Waals surface area contributed by atoms with Crippen LogP contribution in [0.15, 0.2) is 12.1 Å². The lowest BCUT2D eigenvalue weighted by Crippen LogP contribution is -2.15. The van der Waals surface area contributed by atoms with Crippen LogP contribution in [0.1, 0.15) is 22.8 Å². The number of benzene rings is 1. The van der Waals surface area contributed by atoms with Gasteiger partial charge in [0.05, 0.1) is 11.1 Å². The van der Waals surface area contributed by atoms with Crippen LogP contribution < -0.4 is 4.74 Å². The minimum Gasteiger partial charge on any atom is -0.433 e. The van der Waals surface area contributed by atoms with Crippen LogP contribution in [0.2, 0.25) is 0 Å². The van der Waals surface area contributed by atoms with E-state index in [1.165, 1.54) is 0 Å². The molecule has 0 N–H and O–H groups in total. The van der Waals surface area contributed by atoms with E-state index < -0.39 is 41.3 Å². The molecule has 18 heavy (non-hydrogen) atoms. The van der Waals surface area contributed by atoms with E-state index in [1.54, 1.807) is 0 Å². The highest BCUT2D eigenvalue weighted by Crippen LogP contribution is 2.40. The molecule has 0 aliphatic carbocycles. The number of carbonyl (C=O) groups excluding carboxylic acids is 1. The molecular weight excluding hydrogens is 266 g/mol. The molecule has 0 amide bonds. The Kier molecular flexibility index (Phi) is 3.88. The van der Waals surface area contributed by atoms with Crippen LogP contribution in [0, 0.1) is 5.82 Å². The highest BCUT2D eigenvalue weighted by molar-refractivity contribution is 5.97. The molecule has 100 valence electrons. The van der Waals surface area contributed by atoms with Crippen LogP contribution in [-0.2, 0) is 6.18 Å². The summed E-state index contributed by atoms with van der Waals surface area (Å²) in [4.78, 5) is 11.0. The van der Waals surface area contributed by atoms with Crippen molar-refractivity contribution in [1.82, 2.24) is 0 Å². The monoisotopic (exact) mass is 272 g/mol. The van der Waals surface area contributed by atoms with Crippen LogP contribution in [0.3, 0.4) is 0 Å². The van der Waals surface area contributed by atoms with Crippen molar-refractivity contribution < 1.29 is 35.9 Å². The van der Waals surface area contributed by atoms with Crippen LogP contribution in [-0.4, -0.2) is 12.4 Å². The average molecular weight is 272 g/mol. The highest BCUT2D eigenvalue weighted by atomic mass is 19.4. The Balaban J connectivity index is 3.54. The van der Waals surface area contributed by atoms with Gasteiger partial charge in [0.2, 0.25) is 0 Å². The molecule has 2 nitrogen and oxygen atoms in total. The van der Waals surface area contributed by atoms with E-state index in [0.717, 1.165) is 6.92 Å². The fraction of sp³-hybridized carbons (Fsp3) is 0.300. The van der Waals surface area contributed by atoms with Gasteiger partial charge in [-0.2, -0.15) is 22.0 Å². The predicted molar refractivity (Wildman–Crippen MR) is 48.0 cm³/mol. The van der Waals surface area contributed by atoms with Gasteiger partial charge in [-0.3, -0.25) is 4.79 Å². The molecule has 0 atom stereocenters. The zero-order valence-electron chi connectivity index (χ0n) is 8.82. The Labute approximate surface area is 97.2 Å². The molecule has 0 aliphatic rings. The van der Waals surface area contributed by atoms with E-state index in [-0.39, 0.29) is 6.07 Å². The second-order valence-corrected chi connectivity index (χ2v) is 3.23. The maximum Gasteiger partial charge on any atom is 0.419 e. The Morgan fingerprint density at radius 2 is 1.83 bits per heavy atom. The lowest BCUT2D eigenvalue weighted by Gasteiger charge is -2.16. The Morgan fingerprint density at radius 1 is 1.28 bits per heavy atom. The lowest BCUT2D eigenvalue weighted by molar-refractivity contribution is -0.142. The number of alkyl halides is 5.